The van der Waals surface area contributed by atoms with Gasteiger partial charge in [-0.3, -0.25) is 9.20 Å². The van der Waals surface area contributed by atoms with E-state index < -0.39 is 12.1 Å². The number of nitrogens with one attached hydrogen (secondary N) is 1. The second-order valence-corrected chi connectivity index (χ2v) is 4.26. The van der Waals surface area contributed by atoms with E-state index in [-0.39, 0.29) is 5.91 Å². The number of aliphatic carboxylic acids is 1. The number of carboxylic acids is 1. The van der Waals surface area contributed by atoms with Gasteiger partial charge in [0.15, 0.2) is 0 Å². The fourth-order valence-corrected chi connectivity index (χ4v) is 1.60. The topological polar surface area (TPSA) is 119 Å². The third kappa shape index (κ3) is 4.51. The monoisotopic (exact) mass is 348 g/mol. The number of fused-ring (bicyclic) bond motifs is 1. The molecule has 2 aromatic heterocycles. The quantitative estimate of drug-likeness (QED) is 0.769. The zero-order valence-corrected chi connectivity index (χ0v) is 12.7. The average Bonchev–Trinajstić information content (AvgIpc) is 2.82. The molecule has 0 aliphatic heterocycles. The Morgan fingerprint density at radius 1 is 1.42 bits per heavy atom. The Labute approximate surface area is 134 Å². The van der Waals surface area contributed by atoms with Crippen LogP contribution in [0.3, 0.4) is 0 Å². The van der Waals surface area contributed by atoms with Gasteiger partial charge in [-0.1, -0.05) is 0 Å². The maximum absolute atomic E-state index is 11.5. The number of amides is 1. The number of carbonyl (C=O) groups excluding carboxylic acids is 1. The Kier molecular flexibility index (Phi) is 5.98. The van der Waals surface area contributed by atoms with Crippen LogP contribution in [0.15, 0.2) is 18.3 Å². The molecule has 11 heteroatoms. The van der Waals surface area contributed by atoms with E-state index in [2.05, 4.69) is 10.3 Å². The molecule has 8 nitrogen and oxygen atoms in total. The highest BCUT2D eigenvalue weighted by atomic mass is 19.4. The van der Waals surface area contributed by atoms with Gasteiger partial charge in [0.2, 0.25) is 11.8 Å². The van der Waals surface area contributed by atoms with Gasteiger partial charge in [-0.05, 0) is 19.1 Å². The molecule has 2 rings (SSSR count). The van der Waals surface area contributed by atoms with E-state index in [9.17, 15) is 18.0 Å². The molecule has 132 valence electrons. The predicted octanol–water partition coefficient (Wildman–Crippen LogP) is 1.31. The van der Waals surface area contributed by atoms with Crippen LogP contribution < -0.4 is 15.8 Å². The third-order valence-electron chi connectivity index (χ3n) is 2.64. The molecule has 0 aromatic carbocycles. The zero-order valence-electron chi connectivity index (χ0n) is 12.7. The minimum Gasteiger partial charge on any atom is -0.476 e. The van der Waals surface area contributed by atoms with Gasteiger partial charge < -0.3 is 20.9 Å². The SMILES string of the molecule is CCOc1nc(N)n2cc(C(=O)NC)ccc12.O=C(O)C(F)(F)F. The lowest BCUT2D eigenvalue weighted by molar-refractivity contribution is -0.192. The van der Waals surface area contributed by atoms with Crippen molar-refractivity contribution < 1.29 is 32.6 Å². The van der Waals surface area contributed by atoms with Crippen LogP contribution >= 0.6 is 0 Å². The summed E-state index contributed by atoms with van der Waals surface area (Å²) < 4.78 is 38.7. The molecule has 0 atom stereocenters. The van der Waals surface area contributed by atoms with E-state index in [1.54, 1.807) is 29.8 Å². The molecule has 0 unspecified atom stereocenters. The van der Waals surface area contributed by atoms with Crippen molar-refractivity contribution in [3.63, 3.8) is 0 Å². The second-order valence-electron chi connectivity index (χ2n) is 4.26. The van der Waals surface area contributed by atoms with Gasteiger partial charge in [0, 0.05) is 13.2 Å². The Morgan fingerprint density at radius 3 is 2.46 bits per heavy atom. The summed E-state index contributed by atoms with van der Waals surface area (Å²) in [5, 5.41) is 9.68. The minimum absolute atomic E-state index is 0.169. The number of nitrogens with zero attached hydrogens (tertiary/aromatic N) is 2. The van der Waals surface area contributed by atoms with Crippen molar-refractivity contribution >= 4 is 23.3 Å². The molecule has 0 spiro atoms. The first kappa shape index (κ1) is 19.1. The van der Waals surface area contributed by atoms with Gasteiger partial charge in [-0.15, -0.1) is 0 Å². The average molecular weight is 348 g/mol. The summed E-state index contributed by atoms with van der Waals surface area (Å²) >= 11 is 0. The standard InChI is InChI=1S/C11H14N4O2.C2HF3O2/c1-3-17-10-8-5-4-7(9(16)13-2)6-15(8)11(12)14-10;3-2(4,5)1(6)7/h4-6H,3H2,1-2H3,(H2,12,14)(H,13,16);(H,6,7). The molecule has 24 heavy (non-hydrogen) atoms. The normalized spacial score (nSPS) is 10.7. The number of rotatable bonds is 3. The number of aromatic nitrogens is 2. The number of hydrogen-bond acceptors (Lipinski definition) is 5. The highest BCUT2D eigenvalue weighted by molar-refractivity contribution is 5.94. The number of halogens is 3. The maximum Gasteiger partial charge on any atom is 0.490 e. The van der Waals surface area contributed by atoms with Crippen molar-refractivity contribution in [1.29, 1.82) is 0 Å². The van der Waals surface area contributed by atoms with Crippen molar-refractivity contribution in [3.8, 4) is 5.88 Å². The summed E-state index contributed by atoms with van der Waals surface area (Å²) in [6.07, 6.45) is -3.45. The van der Waals surface area contributed by atoms with Crippen molar-refractivity contribution in [1.82, 2.24) is 14.7 Å². The van der Waals surface area contributed by atoms with Crippen LogP contribution in [-0.2, 0) is 4.79 Å². The van der Waals surface area contributed by atoms with E-state index in [1.165, 1.54) is 0 Å². The van der Waals surface area contributed by atoms with Gasteiger partial charge in [0.25, 0.3) is 5.91 Å². The van der Waals surface area contributed by atoms with Crippen molar-refractivity contribution in [2.24, 2.45) is 0 Å². The van der Waals surface area contributed by atoms with Crippen molar-refractivity contribution in [2.45, 2.75) is 13.1 Å². The lowest BCUT2D eigenvalue weighted by Gasteiger charge is -2.02. The minimum atomic E-state index is -5.08. The van der Waals surface area contributed by atoms with E-state index in [0.29, 0.717) is 24.0 Å². The fraction of sp³-hybridized carbons (Fsp3) is 0.308. The Hall–Kier alpha value is -2.98. The lowest BCUT2D eigenvalue weighted by atomic mass is 10.2. The fourth-order valence-electron chi connectivity index (χ4n) is 1.60. The highest BCUT2D eigenvalue weighted by Crippen LogP contribution is 2.22. The van der Waals surface area contributed by atoms with Crippen LogP contribution in [0.5, 0.6) is 5.88 Å². The van der Waals surface area contributed by atoms with Crippen LogP contribution in [-0.4, -0.2) is 46.2 Å². The van der Waals surface area contributed by atoms with Gasteiger partial charge in [-0.25, -0.2) is 4.79 Å². The molecular formula is C13H15F3N4O4. The van der Waals surface area contributed by atoms with Crippen LogP contribution in [0.1, 0.15) is 17.3 Å². The number of anilines is 1. The Balaban J connectivity index is 0.000000351. The smallest absolute Gasteiger partial charge is 0.476 e. The number of carboxylic acid groups (broad SMARTS) is 1. The molecule has 0 aliphatic carbocycles. The summed E-state index contributed by atoms with van der Waals surface area (Å²) in [7, 11) is 1.58. The number of pyridine rings is 1. The zero-order chi connectivity index (χ0) is 18.5. The number of nitrogens with two attached hydrogens (primary N) is 1. The number of alkyl halides is 3. The van der Waals surface area contributed by atoms with E-state index >= 15 is 0 Å². The highest BCUT2D eigenvalue weighted by Gasteiger charge is 2.38. The molecule has 0 bridgehead atoms. The largest absolute Gasteiger partial charge is 0.490 e. The maximum atomic E-state index is 11.5. The molecular weight excluding hydrogens is 333 g/mol. The van der Waals surface area contributed by atoms with E-state index in [4.69, 9.17) is 20.4 Å². The number of carbonyl (C=O) groups is 2. The molecule has 2 heterocycles. The van der Waals surface area contributed by atoms with Crippen LogP contribution in [0.2, 0.25) is 0 Å². The number of hydrogen-bond donors (Lipinski definition) is 3. The first-order chi connectivity index (χ1) is 11.1. The van der Waals surface area contributed by atoms with Gasteiger partial charge in [-0.2, -0.15) is 18.2 Å². The third-order valence-corrected chi connectivity index (χ3v) is 2.64. The summed E-state index contributed by atoms with van der Waals surface area (Å²) in [6.45, 7) is 2.39. The lowest BCUT2D eigenvalue weighted by Crippen LogP contribution is -2.21. The predicted molar refractivity (Wildman–Crippen MR) is 77.9 cm³/mol. The molecule has 2 aromatic rings. The van der Waals surface area contributed by atoms with Crippen LogP contribution in [0.4, 0.5) is 19.1 Å². The van der Waals surface area contributed by atoms with Gasteiger partial charge >= 0.3 is 12.1 Å². The Morgan fingerprint density at radius 2 is 2.00 bits per heavy atom. The van der Waals surface area contributed by atoms with Crippen molar-refractivity contribution in [2.75, 3.05) is 19.4 Å². The second kappa shape index (κ2) is 7.53. The van der Waals surface area contributed by atoms with Gasteiger partial charge in [0.1, 0.15) is 5.52 Å². The van der Waals surface area contributed by atoms with Gasteiger partial charge in [0.05, 0.1) is 12.2 Å². The molecule has 0 radical (unpaired) electrons. The van der Waals surface area contributed by atoms with Crippen LogP contribution in [0.25, 0.3) is 5.52 Å². The van der Waals surface area contributed by atoms with E-state index in [1.807, 2.05) is 6.92 Å². The Bertz CT molecular complexity index is 743. The number of nitrogen functional groups attached to an aromatic ring is 1. The van der Waals surface area contributed by atoms with E-state index in [0.717, 1.165) is 5.52 Å². The molecule has 4 N–H and O–H groups in total. The molecule has 0 fully saturated rings. The number of imidazole rings is 1. The first-order valence-corrected chi connectivity index (χ1v) is 6.54. The summed E-state index contributed by atoms with van der Waals surface area (Å²) in [5.41, 5.74) is 7.03. The summed E-state index contributed by atoms with van der Waals surface area (Å²) in [5.74, 6) is -2.15. The summed E-state index contributed by atoms with van der Waals surface area (Å²) in [4.78, 5) is 24.5. The first-order valence-electron chi connectivity index (χ1n) is 6.54. The van der Waals surface area contributed by atoms with Crippen LogP contribution in [0, 0.1) is 0 Å². The molecule has 1 amide bonds. The summed E-state index contributed by atoms with van der Waals surface area (Å²) in [6, 6.07) is 3.47. The molecule has 0 aliphatic rings. The number of ether oxygens (including phenoxy) is 1. The molecule has 0 saturated carbocycles. The van der Waals surface area contributed by atoms with Crippen molar-refractivity contribution in [3.05, 3.63) is 23.9 Å². The molecule has 0 saturated heterocycles.